The molecule has 3 rings (SSSR count). The Hall–Kier alpha value is -2.59. The molecule has 5 heteroatoms. The fourth-order valence-corrected chi connectivity index (χ4v) is 2.90. The Kier molecular flexibility index (Phi) is 4.67. The molecule has 1 N–H and O–H groups in total. The summed E-state index contributed by atoms with van der Waals surface area (Å²) in [5, 5.41) is 4.36. The highest BCUT2D eigenvalue weighted by Gasteiger charge is 2.08. The normalized spacial score (nSPS) is 10.8. The zero-order chi connectivity index (χ0) is 17.1. The van der Waals surface area contributed by atoms with Gasteiger partial charge in [-0.1, -0.05) is 35.9 Å². The molecule has 0 atom stereocenters. The van der Waals surface area contributed by atoms with Gasteiger partial charge in [-0.3, -0.25) is 9.59 Å². The van der Waals surface area contributed by atoms with Crippen molar-refractivity contribution in [3.05, 3.63) is 81.1 Å². The minimum Gasteiger partial charge on any atom is -0.350 e. The smallest absolute Gasteiger partial charge is 0.254 e. The van der Waals surface area contributed by atoms with Crippen LogP contribution in [0.4, 0.5) is 0 Å². The lowest BCUT2D eigenvalue weighted by molar-refractivity contribution is 0.0952. The van der Waals surface area contributed by atoms with Gasteiger partial charge in [-0.25, -0.2) is 0 Å². The molecule has 122 valence electrons. The minimum absolute atomic E-state index is 0.0364. The number of rotatable bonds is 4. The number of hydrogen-bond donors (Lipinski definition) is 1. The first kappa shape index (κ1) is 16.3. The predicted molar refractivity (Wildman–Crippen MR) is 96.7 cm³/mol. The number of carbonyl (C=O) groups excluding carboxylic acids is 1. The number of hydrogen-bond acceptors (Lipinski definition) is 2. The van der Waals surface area contributed by atoms with E-state index in [0.29, 0.717) is 29.2 Å². The summed E-state index contributed by atoms with van der Waals surface area (Å²) in [6, 6.07) is 16.4. The number of nitrogens with one attached hydrogen (secondary N) is 1. The molecule has 24 heavy (non-hydrogen) atoms. The number of para-hydroxylation sites is 1. The van der Waals surface area contributed by atoms with Gasteiger partial charge in [0.25, 0.3) is 11.5 Å². The number of pyridine rings is 1. The van der Waals surface area contributed by atoms with Crippen LogP contribution in [-0.2, 0) is 6.54 Å². The number of halogens is 1. The van der Waals surface area contributed by atoms with Gasteiger partial charge in [-0.05, 0) is 42.6 Å². The SMILES string of the molecule is Cc1cc2ccccc2n(CCNC(=O)c2cccc(Cl)c2)c1=O. The molecule has 0 aliphatic heterocycles. The second kappa shape index (κ2) is 6.89. The summed E-state index contributed by atoms with van der Waals surface area (Å²) in [5.74, 6) is -0.206. The number of carbonyl (C=O) groups is 1. The molecule has 1 amide bonds. The lowest BCUT2D eigenvalue weighted by Crippen LogP contribution is -2.31. The average Bonchev–Trinajstić information content (AvgIpc) is 2.58. The molecular weight excluding hydrogens is 324 g/mol. The molecule has 0 aliphatic carbocycles. The van der Waals surface area contributed by atoms with Gasteiger partial charge < -0.3 is 9.88 Å². The quantitative estimate of drug-likeness (QED) is 0.791. The molecule has 1 aromatic heterocycles. The summed E-state index contributed by atoms with van der Waals surface area (Å²) in [5.41, 5.74) is 2.02. The lowest BCUT2D eigenvalue weighted by atomic mass is 10.1. The molecule has 0 fully saturated rings. The average molecular weight is 341 g/mol. The Labute approximate surface area is 144 Å². The Morgan fingerprint density at radius 1 is 1.12 bits per heavy atom. The van der Waals surface area contributed by atoms with Crippen molar-refractivity contribution in [2.45, 2.75) is 13.5 Å². The van der Waals surface area contributed by atoms with E-state index < -0.39 is 0 Å². The predicted octanol–water partition coefficient (Wildman–Crippen LogP) is 3.39. The molecule has 0 saturated carbocycles. The zero-order valence-electron chi connectivity index (χ0n) is 13.3. The third kappa shape index (κ3) is 3.34. The first-order valence-corrected chi connectivity index (χ1v) is 8.07. The van der Waals surface area contributed by atoms with Gasteiger partial charge in [0.05, 0.1) is 5.52 Å². The van der Waals surface area contributed by atoms with Crippen molar-refractivity contribution in [2.24, 2.45) is 0 Å². The van der Waals surface area contributed by atoms with Crippen LogP contribution in [0, 0.1) is 6.92 Å². The number of fused-ring (bicyclic) bond motifs is 1. The van der Waals surface area contributed by atoms with Crippen LogP contribution in [0.2, 0.25) is 5.02 Å². The van der Waals surface area contributed by atoms with Crippen molar-refractivity contribution in [3.63, 3.8) is 0 Å². The minimum atomic E-state index is -0.206. The van der Waals surface area contributed by atoms with Gasteiger partial charge in [0.2, 0.25) is 0 Å². The van der Waals surface area contributed by atoms with E-state index in [-0.39, 0.29) is 11.5 Å². The molecule has 0 unspecified atom stereocenters. The maximum Gasteiger partial charge on any atom is 0.254 e. The Bertz CT molecular complexity index is 963. The Balaban J connectivity index is 1.78. The van der Waals surface area contributed by atoms with Crippen LogP contribution >= 0.6 is 11.6 Å². The van der Waals surface area contributed by atoms with Crippen LogP contribution in [0.5, 0.6) is 0 Å². The van der Waals surface area contributed by atoms with Crippen molar-refractivity contribution in [1.29, 1.82) is 0 Å². The number of nitrogens with zero attached hydrogens (tertiary/aromatic N) is 1. The largest absolute Gasteiger partial charge is 0.350 e. The van der Waals surface area contributed by atoms with Gasteiger partial charge in [-0.15, -0.1) is 0 Å². The van der Waals surface area contributed by atoms with Crippen molar-refractivity contribution >= 4 is 28.4 Å². The third-order valence-electron chi connectivity index (χ3n) is 3.89. The number of amides is 1. The summed E-state index contributed by atoms with van der Waals surface area (Å²) >= 11 is 5.90. The van der Waals surface area contributed by atoms with Crippen molar-refractivity contribution in [3.8, 4) is 0 Å². The topological polar surface area (TPSA) is 51.1 Å². The molecule has 0 aliphatic rings. The van der Waals surface area contributed by atoms with Crippen LogP contribution in [0.15, 0.2) is 59.4 Å². The summed E-state index contributed by atoms with van der Waals surface area (Å²) < 4.78 is 1.70. The highest BCUT2D eigenvalue weighted by Crippen LogP contribution is 2.13. The standard InChI is InChI=1S/C19H17ClN2O2/c1-13-11-14-5-2-3-8-17(14)22(19(13)24)10-9-21-18(23)15-6-4-7-16(20)12-15/h2-8,11-12H,9-10H2,1H3,(H,21,23). The monoisotopic (exact) mass is 340 g/mol. The maximum atomic E-state index is 12.4. The fraction of sp³-hybridized carbons (Fsp3) is 0.158. The van der Waals surface area contributed by atoms with Gasteiger partial charge in [0.1, 0.15) is 0 Å². The van der Waals surface area contributed by atoms with Gasteiger partial charge in [0.15, 0.2) is 0 Å². The summed E-state index contributed by atoms with van der Waals surface area (Å²) in [6.45, 7) is 2.57. The third-order valence-corrected chi connectivity index (χ3v) is 4.12. The molecular formula is C19H17ClN2O2. The van der Waals surface area contributed by atoms with E-state index >= 15 is 0 Å². The van der Waals surface area contributed by atoms with E-state index in [2.05, 4.69) is 5.32 Å². The van der Waals surface area contributed by atoms with Gasteiger partial charge in [0, 0.05) is 29.2 Å². The molecule has 0 spiro atoms. The number of benzene rings is 2. The maximum absolute atomic E-state index is 12.4. The van der Waals surface area contributed by atoms with E-state index in [0.717, 1.165) is 10.9 Å². The first-order chi connectivity index (χ1) is 11.6. The number of aryl methyl sites for hydroxylation is 1. The zero-order valence-corrected chi connectivity index (χ0v) is 14.0. The van der Waals surface area contributed by atoms with E-state index in [1.165, 1.54) is 0 Å². The molecule has 2 aromatic carbocycles. The van der Waals surface area contributed by atoms with E-state index in [1.54, 1.807) is 35.8 Å². The van der Waals surface area contributed by atoms with Crippen LogP contribution < -0.4 is 10.9 Å². The van der Waals surface area contributed by atoms with Crippen LogP contribution in [0.1, 0.15) is 15.9 Å². The molecule has 4 nitrogen and oxygen atoms in total. The van der Waals surface area contributed by atoms with Crippen LogP contribution in [0.25, 0.3) is 10.9 Å². The molecule has 1 heterocycles. The Morgan fingerprint density at radius 3 is 2.71 bits per heavy atom. The highest BCUT2D eigenvalue weighted by molar-refractivity contribution is 6.30. The van der Waals surface area contributed by atoms with Gasteiger partial charge >= 0.3 is 0 Å². The van der Waals surface area contributed by atoms with Crippen molar-refractivity contribution < 1.29 is 4.79 Å². The lowest BCUT2D eigenvalue weighted by Gasteiger charge is -2.12. The highest BCUT2D eigenvalue weighted by atomic mass is 35.5. The second-order valence-corrected chi connectivity index (χ2v) is 6.05. The van der Waals surface area contributed by atoms with E-state index in [9.17, 15) is 9.59 Å². The molecule has 0 saturated heterocycles. The summed E-state index contributed by atoms with van der Waals surface area (Å²) in [4.78, 5) is 24.6. The molecule has 0 bridgehead atoms. The van der Waals surface area contributed by atoms with Crippen LogP contribution in [-0.4, -0.2) is 17.0 Å². The van der Waals surface area contributed by atoms with Crippen molar-refractivity contribution in [1.82, 2.24) is 9.88 Å². The number of aromatic nitrogens is 1. The fourth-order valence-electron chi connectivity index (χ4n) is 2.71. The van der Waals surface area contributed by atoms with Crippen LogP contribution in [0.3, 0.4) is 0 Å². The molecule has 3 aromatic rings. The second-order valence-electron chi connectivity index (χ2n) is 5.61. The van der Waals surface area contributed by atoms with E-state index in [4.69, 9.17) is 11.6 Å². The van der Waals surface area contributed by atoms with Gasteiger partial charge in [-0.2, -0.15) is 0 Å². The summed E-state index contributed by atoms with van der Waals surface area (Å²) in [6.07, 6.45) is 0. The van der Waals surface area contributed by atoms with Crippen molar-refractivity contribution in [2.75, 3.05) is 6.54 Å². The molecule has 0 radical (unpaired) electrons. The summed E-state index contributed by atoms with van der Waals surface area (Å²) in [7, 11) is 0. The Morgan fingerprint density at radius 2 is 1.92 bits per heavy atom. The first-order valence-electron chi connectivity index (χ1n) is 7.69. The van der Waals surface area contributed by atoms with E-state index in [1.807, 2.05) is 30.3 Å².